The Labute approximate surface area is 123 Å². The van der Waals surface area contributed by atoms with Crippen molar-refractivity contribution in [3.05, 3.63) is 54.1 Å². The molecule has 1 N–H and O–H groups in total. The fourth-order valence-electron chi connectivity index (χ4n) is 1.85. The van der Waals surface area contributed by atoms with Gasteiger partial charge in [0.2, 0.25) is 0 Å². The summed E-state index contributed by atoms with van der Waals surface area (Å²) in [5.41, 5.74) is 0.853. The largest absolute Gasteiger partial charge is 0.497 e. The predicted octanol–water partition coefficient (Wildman–Crippen LogP) is 3.53. The van der Waals surface area contributed by atoms with Crippen LogP contribution < -0.4 is 9.47 Å². The molecule has 0 aliphatic rings. The minimum absolute atomic E-state index is 0.542. The Hall–Kier alpha value is -1.65. The van der Waals surface area contributed by atoms with Crippen LogP contribution in [0.2, 0.25) is 0 Å². The summed E-state index contributed by atoms with van der Waals surface area (Å²) in [5.74, 6) is 2.15. The summed E-state index contributed by atoms with van der Waals surface area (Å²) in [5, 5.41) is 10.2. The third-order valence-corrected chi connectivity index (χ3v) is 4.08. The molecule has 0 radical (unpaired) electrons. The summed E-state index contributed by atoms with van der Waals surface area (Å²) in [6.45, 7) is 0. The van der Waals surface area contributed by atoms with Crippen LogP contribution in [0.5, 0.6) is 11.5 Å². The maximum atomic E-state index is 10.2. The van der Waals surface area contributed by atoms with Crippen molar-refractivity contribution in [3.63, 3.8) is 0 Å². The number of ether oxygens (including phenoxy) is 2. The molecule has 0 saturated heterocycles. The Morgan fingerprint density at radius 3 is 2.60 bits per heavy atom. The standard InChI is InChI=1S/C16H18O3S/c1-18-13-7-5-6-12(10-13)14(17)11-20-16-9-4-3-8-15(16)19-2/h3-10,14,17H,11H2,1-2H3/t14-/m1/s1. The topological polar surface area (TPSA) is 38.7 Å². The molecule has 2 aromatic rings. The zero-order valence-corrected chi connectivity index (χ0v) is 12.4. The first-order valence-electron chi connectivity index (χ1n) is 6.32. The molecule has 106 valence electrons. The molecule has 0 fully saturated rings. The summed E-state index contributed by atoms with van der Waals surface area (Å²) in [6.07, 6.45) is -0.542. The van der Waals surface area contributed by atoms with Gasteiger partial charge >= 0.3 is 0 Å². The molecule has 0 aromatic heterocycles. The Kier molecular flexibility index (Phi) is 5.32. The van der Waals surface area contributed by atoms with Gasteiger partial charge in [0.1, 0.15) is 11.5 Å². The molecule has 2 rings (SSSR count). The number of aliphatic hydroxyl groups is 1. The summed E-state index contributed by atoms with van der Waals surface area (Å²) >= 11 is 1.57. The van der Waals surface area contributed by atoms with E-state index >= 15 is 0 Å². The van der Waals surface area contributed by atoms with Gasteiger partial charge in [-0.25, -0.2) is 0 Å². The SMILES string of the molecule is COc1cccc([C@H](O)CSc2ccccc2OC)c1. The molecule has 4 heteroatoms. The number of methoxy groups -OCH3 is 2. The molecule has 0 aliphatic heterocycles. The van der Waals surface area contributed by atoms with Crippen LogP contribution >= 0.6 is 11.8 Å². The van der Waals surface area contributed by atoms with Crippen LogP contribution in [0.25, 0.3) is 0 Å². The molecule has 0 aliphatic carbocycles. The molecular formula is C16H18O3S. The third-order valence-electron chi connectivity index (χ3n) is 2.94. The molecular weight excluding hydrogens is 272 g/mol. The number of hydrogen-bond acceptors (Lipinski definition) is 4. The van der Waals surface area contributed by atoms with Crippen LogP contribution in [-0.2, 0) is 0 Å². The van der Waals surface area contributed by atoms with E-state index in [0.29, 0.717) is 5.75 Å². The van der Waals surface area contributed by atoms with Crippen LogP contribution in [0.15, 0.2) is 53.4 Å². The van der Waals surface area contributed by atoms with Crippen molar-refractivity contribution in [3.8, 4) is 11.5 Å². The number of para-hydroxylation sites is 1. The lowest BCUT2D eigenvalue weighted by molar-refractivity contribution is 0.203. The van der Waals surface area contributed by atoms with E-state index in [-0.39, 0.29) is 0 Å². The van der Waals surface area contributed by atoms with Crippen molar-refractivity contribution < 1.29 is 14.6 Å². The van der Waals surface area contributed by atoms with Crippen LogP contribution in [0.4, 0.5) is 0 Å². The third kappa shape index (κ3) is 3.68. The lowest BCUT2D eigenvalue weighted by Gasteiger charge is -2.13. The number of benzene rings is 2. The van der Waals surface area contributed by atoms with Gasteiger partial charge in [-0.1, -0.05) is 24.3 Å². The molecule has 2 aromatic carbocycles. The molecule has 0 heterocycles. The van der Waals surface area contributed by atoms with Crippen molar-refractivity contribution in [1.82, 2.24) is 0 Å². The highest BCUT2D eigenvalue weighted by Crippen LogP contribution is 2.32. The summed E-state index contributed by atoms with van der Waals surface area (Å²) in [7, 11) is 3.27. The highest BCUT2D eigenvalue weighted by Gasteiger charge is 2.11. The molecule has 0 bridgehead atoms. The van der Waals surface area contributed by atoms with Gasteiger partial charge in [0.05, 0.1) is 20.3 Å². The molecule has 20 heavy (non-hydrogen) atoms. The van der Waals surface area contributed by atoms with E-state index in [0.717, 1.165) is 22.0 Å². The second kappa shape index (κ2) is 7.22. The van der Waals surface area contributed by atoms with Crippen molar-refractivity contribution in [2.45, 2.75) is 11.0 Å². The van der Waals surface area contributed by atoms with E-state index in [4.69, 9.17) is 9.47 Å². The predicted molar refractivity (Wildman–Crippen MR) is 81.7 cm³/mol. The molecule has 1 atom stereocenters. The maximum absolute atomic E-state index is 10.2. The van der Waals surface area contributed by atoms with Crippen LogP contribution in [0.1, 0.15) is 11.7 Å². The van der Waals surface area contributed by atoms with Crippen molar-refractivity contribution in [2.24, 2.45) is 0 Å². The first kappa shape index (κ1) is 14.8. The molecule has 0 spiro atoms. The fraction of sp³-hybridized carbons (Fsp3) is 0.250. The molecule has 0 saturated carbocycles. The summed E-state index contributed by atoms with van der Waals surface area (Å²) in [6, 6.07) is 15.3. The second-order valence-electron chi connectivity index (χ2n) is 4.25. The monoisotopic (exact) mass is 290 g/mol. The van der Waals surface area contributed by atoms with Crippen LogP contribution in [-0.4, -0.2) is 25.1 Å². The van der Waals surface area contributed by atoms with E-state index in [1.54, 1.807) is 26.0 Å². The maximum Gasteiger partial charge on any atom is 0.132 e. The Balaban J connectivity index is 2.02. The van der Waals surface area contributed by atoms with Gasteiger partial charge in [-0.15, -0.1) is 11.8 Å². The van der Waals surface area contributed by atoms with Crippen molar-refractivity contribution in [1.29, 1.82) is 0 Å². The van der Waals surface area contributed by atoms with E-state index in [1.165, 1.54) is 0 Å². The van der Waals surface area contributed by atoms with Crippen LogP contribution in [0.3, 0.4) is 0 Å². The normalized spacial score (nSPS) is 11.9. The van der Waals surface area contributed by atoms with E-state index < -0.39 is 6.10 Å². The Morgan fingerprint density at radius 2 is 1.85 bits per heavy atom. The fourth-order valence-corrected chi connectivity index (χ4v) is 2.85. The minimum Gasteiger partial charge on any atom is -0.497 e. The smallest absolute Gasteiger partial charge is 0.132 e. The number of thioether (sulfide) groups is 1. The first-order chi connectivity index (χ1) is 9.74. The zero-order chi connectivity index (χ0) is 14.4. The summed E-state index contributed by atoms with van der Waals surface area (Å²) < 4.78 is 10.5. The molecule has 0 unspecified atom stereocenters. The van der Waals surface area contributed by atoms with E-state index in [9.17, 15) is 5.11 Å². The van der Waals surface area contributed by atoms with E-state index in [2.05, 4.69) is 0 Å². The number of rotatable bonds is 6. The average molecular weight is 290 g/mol. The Bertz CT molecular complexity index is 557. The van der Waals surface area contributed by atoms with Crippen LogP contribution in [0, 0.1) is 0 Å². The molecule has 0 amide bonds. The average Bonchev–Trinajstić information content (AvgIpc) is 2.52. The second-order valence-corrected chi connectivity index (χ2v) is 5.32. The summed E-state index contributed by atoms with van der Waals surface area (Å²) in [4.78, 5) is 1.02. The van der Waals surface area contributed by atoms with Gasteiger partial charge in [0.15, 0.2) is 0 Å². The van der Waals surface area contributed by atoms with Gasteiger partial charge in [0, 0.05) is 10.6 Å². The number of hydrogen-bond donors (Lipinski definition) is 1. The van der Waals surface area contributed by atoms with Gasteiger partial charge in [-0.3, -0.25) is 0 Å². The lowest BCUT2D eigenvalue weighted by atomic mass is 10.1. The highest BCUT2D eigenvalue weighted by atomic mass is 32.2. The number of aliphatic hydroxyl groups excluding tert-OH is 1. The van der Waals surface area contributed by atoms with E-state index in [1.807, 2.05) is 48.5 Å². The van der Waals surface area contributed by atoms with Crippen molar-refractivity contribution in [2.75, 3.05) is 20.0 Å². The quantitative estimate of drug-likeness (QED) is 0.826. The Morgan fingerprint density at radius 1 is 1.05 bits per heavy atom. The van der Waals surface area contributed by atoms with Crippen molar-refractivity contribution >= 4 is 11.8 Å². The molecule has 3 nitrogen and oxygen atoms in total. The van der Waals surface area contributed by atoms with Gasteiger partial charge in [-0.2, -0.15) is 0 Å². The van der Waals surface area contributed by atoms with Gasteiger partial charge in [0.25, 0.3) is 0 Å². The van der Waals surface area contributed by atoms with Gasteiger partial charge < -0.3 is 14.6 Å². The highest BCUT2D eigenvalue weighted by molar-refractivity contribution is 7.99. The zero-order valence-electron chi connectivity index (χ0n) is 11.6. The first-order valence-corrected chi connectivity index (χ1v) is 7.31. The minimum atomic E-state index is -0.542. The van der Waals surface area contributed by atoms with Gasteiger partial charge in [-0.05, 0) is 29.8 Å². The lowest BCUT2D eigenvalue weighted by Crippen LogP contribution is -2.01.